The Morgan fingerprint density at radius 3 is 2.33 bits per heavy atom. The van der Waals surface area contributed by atoms with E-state index in [9.17, 15) is 5.11 Å². The minimum atomic E-state index is -0.0197. The molecular weight excluding hydrogens is 112 g/mol. The summed E-state index contributed by atoms with van der Waals surface area (Å²) >= 11 is 0. The molecule has 1 fully saturated rings. The molecule has 1 saturated carbocycles. The summed E-state index contributed by atoms with van der Waals surface area (Å²) in [6, 6.07) is 0. The average Bonchev–Trinajstić information content (AvgIpc) is 1.80. The van der Waals surface area contributed by atoms with E-state index in [1.54, 1.807) is 0 Å². The molecule has 1 rings (SSSR count). The van der Waals surface area contributed by atoms with Crippen LogP contribution >= 0.6 is 0 Å². The van der Waals surface area contributed by atoms with Crippen LogP contribution in [0.3, 0.4) is 0 Å². The van der Waals surface area contributed by atoms with Crippen molar-refractivity contribution < 1.29 is 5.11 Å². The van der Waals surface area contributed by atoms with Gasteiger partial charge in [0.1, 0.15) is 0 Å². The first-order valence-corrected chi connectivity index (χ1v) is 3.88. The Hall–Kier alpha value is -0.0400. The van der Waals surface area contributed by atoms with E-state index in [0.29, 0.717) is 5.92 Å². The molecule has 0 amide bonds. The molecule has 0 aromatic carbocycles. The molecule has 0 saturated heterocycles. The predicted octanol–water partition coefficient (Wildman–Crippen LogP) is 1.80. The third-order valence-electron chi connectivity index (χ3n) is 2.42. The zero-order valence-corrected chi connectivity index (χ0v) is 6.30. The maximum atomic E-state index is 9.35. The molecule has 3 atom stereocenters. The Kier molecular flexibility index (Phi) is 2.12. The molecule has 0 spiro atoms. The van der Waals surface area contributed by atoms with Crippen LogP contribution in [0.2, 0.25) is 0 Å². The number of rotatable bonds is 0. The van der Waals surface area contributed by atoms with E-state index in [4.69, 9.17) is 0 Å². The van der Waals surface area contributed by atoms with Crippen molar-refractivity contribution in [2.45, 2.75) is 39.2 Å². The van der Waals surface area contributed by atoms with Crippen LogP contribution < -0.4 is 0 Å². The topological polar surface area (TPSA) is 20.2 Å². The average molecular weight is 128 g/mol. The molecule has 0 heterocycles. The fraction of sp³-hybridized carbons (Fsp3) is 1.00. The quantitative estimate of drug-likeness (QED) is 0.527. The number of aliphatic hydroxyl groups is 1. The number of hydrogen-bond donors (Lipinski definition) is 1. The Labute approximate surface area is 57.1 Å². The summed E-state index contributed by atoms with van der Waals surface area (Å²) < 4.78 is 0. The summed E-state index contributed by atoms with van der Waals surface area (Å²) in [6.07, 6.45) is 3.51. The van der Waals surface area contributed by atoms with Gasteiger partial charge in [-0.1, -0.05) is 20.3 Å². The zero-order valence-electron chi connectivity index (χ0n) is 6.30. The van der Waals surface area contributed by atoms with Gasteiger partial charge < -0.3 is 5.11 Å². The Balaban J connectivity index is 2.35. The van der Waals surface area contributed by atoms with Gasteiger partial charge in [-0.3, -0.25) is 0 Å². The van der Waals surface area contributed by atoms with E-state index in [-0.39, 0.29) is 6.10 Å². The second-order valence-electron chi connectivity index (χ2n) is 3.46. The van der Waals surface area contributed by atoms with Gasteiger partial charge in [-0.25, -0.2) is 0 Å². The Bertz CT molecular complexity index is 90.6. The van der Waals surface area contributed by atoms with E-state index in [2.05, 4.69) is 13.8 Å². The fourth-order valence-corrected chi connectivity index (χ4v) is 1.50. The van der Waals surface area contributed by atoms with Crippen molar-refractivity contribution in [3.05, 3.63) is 0 Å². The predicted molar refractivity (Wildman–Crippen MR) is 38.2 cm³/mol. The monoisotopic (exact) mass is 128 g/mol. The second kappa shape index (κ2) is 2.70. The summed E-state index contributed by atoms with van der Waals surface area (Å²) in [4.78, 5) is 0. The highest BCUT2D eigenvalue weighted by atomic mass is 16.3. The van der Waals surface area contributed by atoms with Gasteiger partial charge in [0.15, 0.2) is 0 Å². The summed E-state index contributed by atoms with van der Waals surface area (Å²) in [6.45, 7) is 4.35. The SMILES string of the molecule is C[C@@H]1CC[C@H](C)[C@H](O)C1. The molecular formula is C8H16O. The molecule has 0 aromatic heterocycles. The molecule has 1 nitrogen and oxygen atoms in total. The van der Waals surface area contributed by atoms with Crippen LogP contribution in [0.4, 0.5) is 0 Å². The maximum absolute atomic E-state index is 9.35. The first-order valence-electron chi connectivity index (χ1n) is 3.88. The highest BCUT2D eigenvalue weighted by Gasteiger charge is 2.22. The lowest BCUT2D eigenvalue weighted by Crippen LogP contribution is -2.25. The summed E-state index contributed by atoms with van der Waals surface area (Å²) in [7, 11) is 0. The van der Waals surface area contributed by atoms with Gasteiger partial charge in [-0.15, -0.1) is 0 Å². The molecule has 54 valence electrons. The van der Waals surface area contributed by atoms with Crippen molar-refractivity contribution in [1.82, 2.24) is 0 Å². The molecule has 0 aliphatic heterocycles. The summed E-state index contributed by atoms with van der Waals surface area (Å²) in [5.41, 5.74) is 0. The second-order valence-corrected chi connectivity index (χ2v) is 3.46. The summed E-state index contributed by atoms with van der Waals surface area (Å²) in [5.74, 6) is 1.29. The van der Waals surface area contributed by atoms with Gasteiger partial charge in [0, 0.05) is 0 Å². The van der Waals surface area contributed by atoms with E-state index >= 15 is 0 Å². The van der Waals surface area contributed by atoms with Crippen molar-refractivity contribution in [3.63, 3.8) is 0 Å². The first-order chi connectivity index (χ1) is 4.20. The molecule has 0 unspecified atom stereocenters. The van der Waals surface area contributed by atoms with Crippen molar-refractivity contribution in [2.24, 2.45) is 11.8 Å². The molecule has 1 aliphatic rings. The minimum absolute atomic E-state index is 0.0197. The van der Waals surface area contributed by atoms with Crippen LogP contribution in [0.1, 0.15) is 33.1 Å². The molecule has 0 radical (unpaired) electrons. The van der Waals surface area contributed by atoms with Crippen LogP contribution in [0, 0.1) is 11.8 Å². The molecule has 1 aliphatic carbocycles. The van der Waals surface area contributed by atoms with Gasteiger partial charge in [-0.05, 0) is 24.7 Å². The number of hydrogen-bond acceptors (Lipinski definition) is 1. The lowest BCUT2D eigenvalue weighted by molar-refractivity contribution is 0.0577. The standard InChI is InChI=1S/C8H16O/c1-6-3-4-7(2)8(9)5-6/h6-9H,3-5H2,1-2H3/t6-,7+,8-/m1/s1. The lowest BCUT2D eigenvalue weighted by Gasteiger charge is -2.28. The van der Waals surface area contributed by atoms with Gasteiger partial charge in [0.25, 0.3) is 0 Å². The van der Waals surface area contributed by atoms with Gasteiger partial charge in [0.05, 0.1) is 6.10 Å². The molecule has 0 aromatic rings. The van der Waals surface area contributed by atoms with Crippen LogP contribution in [0.15, 0.2) is 0 Å². The van der Waals surface area contributed by atoms with Crippen molar-refractivity contribution >= 4 is 0 Å². The zero-order chi connectivity index (χ0) is 6.85. The number of aliphatic hydroxyl groups excluding tert-OH is 1. The van der Waals surface area contributed by atoms with Crippen LogP contribution in [-0.2, 0) is 0 Å². The van der Waals surface area contributed by atoms with E-state index in [1.807, 2.05) is 0 Å². The van der Waals surface area contributed by atoms with E-state index in [0.717, 1.165) is 12.3 Å². The highest BCUT2D eigenvalue weighted by Crippen LogP contribution is 2.27. The van der Waals surface area contributed by atoms with Gasteiger partial charge in [0.2, 0.25) is 0 Å². The molecule has 0 bridgehead atoms. The third-order valence-corrected chi connectivity index (χ3v) is 2.42. The minimum Gasteiger partial charge on any atom is -0.393 e. The van der Waals surface area contributed by atoms with Gasteiger partial charge in [-0.2, -0.15) is 0 Å². The highest BCUT2D eigenvalue weighted by molar-refractivity contribution is 4.74. The molecule has 1 N–H and O–H groups in total. The normalized spacial score (nSPS) is 45.0. The molecule has 1 heteroatoms. The van der Waals surface area contributed by atoms with Crippen LogP contribution in [0.5, 0.6) is 0 Å². The third kappa shape index (κ3) is 1.68. The smallest absolute Gasteiger partial charge is 0.0568 e. The largest absolute Gasteiger partial charge is 0.393 e. The van der Waals surface area contributed by atoms with Crippen molar-refractivity contribution in [1.29, 1.82) is 0 Å². The lowest BCUT2D eigenvalue weighted by atomic mass is 9.82. The Morgan fingerprint density at radius 2 is 1.89 bits per heavy atom. The summed E-state index contributed by atoms with van der Waals surface area (Å²) in [5, 5.41) is 9.35. The van der Waals surface area contributed by atoms with Gasteiger partial charge >= 0.3 is 0 Å². The van der Waals surface area contributed by atoms with Crippen molar-refractivity contribution in [2.75, 3.05) is 0 Å². The van der Waals surface area contributed by atoms with E-state index in [1.165, 1.54) is 12.8 Å². The van der Waals surface area contributed by atoms with Crippen LogP contribution in [0.25, 0.3) is 0 Å². The maximum Gasteiger partial charge on any atom is 0.0568 e. The Morgan fingerprint density at radius 1 is 1.22 bits per heavy atom. The van der Waals surface area contributed by atoms with E-state index < -0.39 is 0 Å². The molecule has 9 heavy (non-hydrogen) atoms. The fourth-order valence-electron chi connectivity index (χ4n) is 1.50. The van der Waals surface area contributed by atoms with Crippen molar-refractivity contribution in [3.8, 4) is 0 Å². The first kappa shape index (κ1) is 7.07. The van der Waals surface area contributed by atoms with Crippen LogP contribution in [-0.4, -0.2) is 11.2 Å².